The highest BCUT2D eigenvalue weighted by Gasteiger charge is 2.29. The maximum atomic E-state index is 12.0. The van der Waals surface area contributed by atoms with Crippen molar-refractivity contribution in [2.45, 2.75) is 64.1 Å². The standard InChI is InChI=1S/C13H26N2O2/c1-4-14-10(2)9-13(17)15(3)11-7-5-6-8-12(11)16/h10-12,14,16H,4-9H2,1-3H3. The van der Waals surface area contributed by atoms with Crippen molar-refractivity contribution in [1.82, 2.24) is 10.2 Å². The number of rotatable bonds is 5. The summed E-state index contributed by atoms with van der Waals surface area (Å²) in [6, 6.07) is 0.223. The van der Waals surface area contributed by atoms with E-state index in [1.165, 1.54) is 0 Å². The molecule has 0 radical (unpaired) electrons. The smallest absolute Gasteiger partial charge is 0.224 e. The third kappa shape index (κ3) is 4.28. The summed E-state index contributed by atoms with van der Waals surface area (Å²) in [4.78, 5) is 13.8. The Morgan fingerprint density at radius 3 is 2.71 bits per heavy atom. The molecule has 1 saturated carbocycles. The van der Waals surface area contributed by atoms with E-state index in [1.807, 2.05) is 20.9 Å². The Bertz CT molecular complexity index is 246. The fourth-order valence-electron chi connectivity index (χ4n) is 2.55. The molecule has 0 saturated heterocycles. The van der Waals surface area contributed by atoms with E-state index in [0.29, 0.717) is 6.42 Å². The average molecular weight is 242 g/mol. The molecule has 0 bridgehead atoms. The fourth-order valence-corrected chi connectivity index (χ4v) is 2.55. The van der Waals surface area contributed by atoms with E-state index in [2.05, 4.69) is 5.32 Å². The molecule has 17 heavy (non-hydrogen) atoms. The molecule has 0 spiro atoms. The lowest BCUT2D eigenvalue weighted by Gasteiger charge is -2.35. The highest BCUT2D eigenvalue weighted by atomic mass is 16.3. The van der Waals surface area contributed by atoms with Gasteiger partial charge in [0.1, 0.15) is 0 Å². The van der Waals surface area contributed by atoms with Gasteiger partial charge in [-0.05, 0) is 26.3 Å². The van der Waals surface area contributed by atoms with Crippen molar-refractivity contribution in [3.05, 3.63) is 0 Å². The lowest BCUT2D eigenvalue weighted by molar-refractivity contribution is -0.135. The summed E-state index contributed by atoms with van der Waals surface area (Å²) in [5.74, 6) is 0.129. The molecule has 0 aliphatic heterocycles. The molecule has 1 aliphatic carbocycles. The van der Waals surface area contributed by atoms with Crippen molar-refractivity contribution in [2.24, 2.45) is 0 Å². The number of nitrogens with zero attached hydrogens (tertiary/aromatic N) is 1. The third-order valence-electron chi connectivity index (χ3n) is 3.62. The molecule has 2 N–H and O–H groups in total. The predicted molar refractivity (Wildman–Crippen MR) is 68.8 cm³/mol. The van der Waals surface area contributed by atoms with E-state index in [-0.39, 0.29) is 24.1 Å². The van der Waals surface area contributed by atoms with Crippen molar-refractivity contribution in [1.29, 1.82) is 0 Å². The lowest BCUT2D eigenvalue weighted by Crippen LogP contribution is -2.47. The Kier molecular flexibility index (Phi) is 5.92. The summed E-state index contributed by atoms with van der Waals surface area (Å²) in [6.45, 7) is 4.94. The number of hydrogen-bond donors (Lipinski definition) is 2. The van der Waals surface area contributed by atoms with Crippen LogP contribution in [0.15, 0.2) is 0 Å². The van der Waals surface area contributed by atoms with Crippen LogP contribution in [0.1, 0.15) is 46.0 Å². The first-order valence-corrected chi connectivity index (χ1v) is 6.73. The average Bonchev–Trinajstić information content (AvgIpc) is 2.29. The molecule has 1 rings (SSSR count). The first-order valence-electron chi connectivity index (χ1n) is 6.73. The van der Waals surface area contributed by atoms with Gasteiger partial charge in [-0.3, -0.25) is 4.79 Å². The minimum absolute atomic E-state index is 0.0186. The molecular formula is C13H26N2O2. The number of nitrogens with one attached hydrogen (secondary N) is 1. The Morgan fingerprint density at radius 1 is 1.47 bits per heavy atom. The second-order valence-corrected chi connectivity index (χ2v) is 5.09. The number of hydrogen-bond acceptors (Lipinski definition) is 3. The van der Waals surface area contributed by atoms with Crippen LogP contribution in [0.2, 0.25) is 0 Å². The second kappa shape index (κ2) is 6.97. The first kappa shape index (κ1) is 14.5. The summed E-state index contributed by atoms with van der Waals surface area (Å²) in [6.07, 6.45) is 4.11. The molecule has 3 atom stereocenters. The van der Waals surface area contributed by atoms with Gasteiger partial charge in [-0.25, -0.2) is 0 Å². The van der Waals surface area contributed by atoms with Crippen LogP contribution in [0.4, 0.5) is 0 Å². The minimum atomic E-state index is -0.341. The Balaban J connectivity index is 2.44. The van der Waals surface area contributed by atoms with Crippen LogP contribution in [0.3, 0.4) is 0 Å². The van der Waals surface area contributed by atoms with Crippen molar-refractivity contribution < 1.29 is 9.90 Å². The van der Waals surface area contributed by atoms with Crippen molar-refractivity contribution in [3.63, 3.8) is 0 Å². The molecule has 4 heteroatoms. The van der Waals surface area contributed by atoms with Crippen LogP contribution < -0.4 is 5.32 Å². The van der Waals surface area contributed by atoms with Crippen LogP contribution in [0.5, 0.6) is 0 Å². The zero-order valence-corrected chi connectivity index (χ0v) is 11.3. The summed E-state index contributed by atoms with van der Waals surface area (Å²) >= 11 is 0. The van der Waals surface area contributed by atoms with E-state index in [0.717, 1.165) is 32.2 Å². The third-order valence-corrected chi connectivity index (χ3v) is 3.62. The van der Waals surface area contributed by atoms with Crippen molar-refractivity contribution in [2.75, 3.05) is 13.6 Å². The molecule has 0 aromatic carbocycles. The zero-order valence-electron chi connectivity index (χ0n) is 11.3. The molecule has 4 nitrogen and oxygen atoms in total. The van der Waals surface area contributed by atoms with Gasteiger partial charge >= 0.3 is 0 Å². The molecule has 0 aromatic heterocycles. The van der Waals surface area contributed by atoms with E-state index >= 15 is 0 Å². The quantitative estimate of drug-likeness (QED) is 0.760. The SMILES string of the molecule is CCNC(C)CC(=O)N(C)C1CCCCC1O. The van der Waals surface area contributed by atoms with E-state index in [1.54, 1.807) is 4.90 Å². The number of carbonyl (C=O) groups is 1. The predicted octanol–water partition coefficient (Wildman–Crippen LogP) is 1.14. The zero-order chi connectivity index (χ0) is 12.8. The van der Waals surface area contributed by atoms with Gasteiger partial charge in [0.25, 0.3) is 0 Å². The highest BCUT2D eigenvalue weighted by Crippen LogP contribution is 2.22. The lowest BCUT2D eigenvalue weighted by atomic mass is 9.91. The molecule has 0 aromatic rings. The molecule has 3 unspecified atom stereocenters. The van der Waals surface area contributed by atoms with Crippen LogP contribution in [0, 0.1) is 0 Å². The van der Waals surface area contributed by atoms with Crippen LogP contribution >= 0.6 is 0 Å². The van der Waals surface area contributed by atoms with Crippen LogP contribution in [0.25, 0.3) is 0 Å². The Morgan fingerprint density at radius 2 is 2.12 bits per heavy atom. The normalized spacial score (nSPS) is 26.6. The van der Waals surface area contributed by atoms with Gasteiger partial charge in [0, 0.05) is 19.5 Å². The second-order valence-electron chi connectivity index (χ2n) is 5.09. The van der Waals surface area contributed by atoms with Gasteiger partial charge < -0.3 is 15.3 Å². The van der Waals surface area contributed by atoms with Crippen LogP contribution in [-0.2, 0) is 4.79 Å². The summed E-state index contributed by atoms with van der Waals surface area (Å²) in [7, 11) is 1.82. The molecule has 1 fully saturated rings. The Labute approximate surface area is 104 Å². The molecule has 1 amide bonds. The molecule has 100 valence electrons. The van der Waals surface area contributed by atoms with E-state index in [4.69, 9.17) is 0 Å². The van der Waals surface area contributed by atoms with Gasteiger partial charge in [-0.15, -0.1) is 0 Å². The molecule has 0 heterocycles. The van der Waals surface area contributed by atoms with Gasteiger partial charge in [-0.2, -0.15) is 0 Å². The monoisotopic (exact) mass is 242 g/mol. The van der Waals surface area contributed by atoms with Gasteiger partial charge in [0.2, 0.25) is 5.91 Å². The number of amides is 1. The van der Waals surface area contributed by atoms with E-state index in [9.17, 15) is 9.90 Å². The topological polar surface area (TPSA) is 52.6 Å². The summed E-state index contributed by atoms with van der Waals surface area (Å²) < 4.78 is 0. The fraction of sp³-hybridized carbons (Fsp3) is 0.923. The summed E-state index contributed by atoms with van der Waals surface area (Å²) in [5, 5.41) is 13.2. The maximum Gasteiger partial charge on any atom is 0.224 e. The first-order chi connectivity index (χ1) is 8.06. The highest BCUT2D eigenvalue weighted by molar-refractivity contribution is 5.76. The number of likely N-dealkylation sites (N-methyl/N-ethyl adjacent to an activating group) is 1. The number of carbonyl (C=O) groups excluding carboxylic acids is 1. The van der Waals surface area contributed by atoms with Crippen molar-refractivity contribution in [3.8, 4) is 0 Å². The van der Waals surface area contributed by atoms with Gasteiger partial charge in [0.05, 0.1) is 12.1 Å². The number of aliphatic hydroxyl groups excluding tert-OH is 1. The number of aliphatic hydroxyl groups is 1. The van der Waals surface area contributed by atoms with Crippen LogP contribution in [-0.4, -0.2) is 47.7 Å². The molecule has 1 aliphatic rings. The maximum absolute atomic E-state index is 12.0. The Hall–Kier alpha value is -0.610. The summed E-state index contributed by atoms with van der Waals surface area (Å²) in [5.41, 5.74) is 0. The van der Waals surface area contributed by atoms with Gasteiger partial charge in [-0.1, -0.05) is 19.8 Å². The largest absolute Gasteiger partial charge is 0.391 e. The minimum Gasteiger partial charge on any atom is -0.391 e. The van der Waals surface area contributed by atoms with Crippen molar-refractivity contribution >= 4 is 5.91 Å². The van der Waals surface area contributed by atoms with E-state index < -0.39 is 0 Å². The van der Waals surface area contributed by atoms with Gasteiger partial charge in [0.15, 0.2) is 0 Å². The molecular weight excluding hydrogens is 216 g/mol.